The van der Waals surface area contributed by atoms with Gasteiger partial charge in [-0.2, -0.15) is 0 Å². The number of rotatable bonds is 2. The quantitative estimate of drug-likeness (QED) is 0.419. The molecule has 2 N–H and O–H groups in total. The summed E-state index contributed by atoms with van der Waals surface area (Å²) in [5, 5.41) is 8.71. The minimum Gasteiger partial charge on any atom is -0.359 e. The molecule has 1 aliphatic rings. The standard InChI is InChI=1S/C5H15B2N3/c6-8-5-1-3-10(9-7)4-2-5/h5,8-9H,1-4,6-7H2. The zero-order chi connectivity index (χ0) is 7.40. The molecular weight excluding hydrogens is 124 g/mol. The van der Waals surface area contributed by atoms with Gasteiger partial charge in [0, 0.05) is 13.1 Å². The van der Waals surface area contributed by atoms with Crippen molar-refractivity contribution in [2.75, 3.05) is 13.1 Å². The van der Waals surface area contributed by atoms with E-state index in [0.29, 0.717) is 0 Å². The highest BCUT2D eigenvalue weighted by Gasteiger charge is 2.15. The molecule has 0 saturated carbocycles. The number of nitrogens with zero attached hydrogens (tertiary/aromatic N) is 1. The Kier molecular flexibility index (Phi) is 3.25. The molecule has 0 aromatic rings. The van der Waals surface area contributed by atoms with E-state index in [-0.39, 0.29) is 0 Å². The van der Waals surface area contributed by atoms with Crippen molar-refractivity contribution in [1.82, 2.24) is 15.6 Å². The lowest BCUT2D eigenvalue weighted by atomic mass is 10.0. The Labute approximate surface area is 64.4 Å². The monoisotopic (exact) mass is 139 g/mol. The van der Waals surface area contributed by atoms with E-state index in [1.165, 1.54) is 25.9 Å². The third-order valence-electron chi connectivity index (χ3n) is 2.22. The van der Waals surface area contributed by atoms with Crippen molar-refractivity contribution in [3.8, 4) is 0 Å². The second-order valence-electron chi connectivity index (χ2n) is 2.77. The summed E-state index contributed by atoms with van der Waals surface area (Å²) in [4.78, 5) is 0. The van der Waals surface area contributed by atoms with Crippen LogP contribution in [0, 0.1) is 0 Å². The Bertz CT molecular complexity index is 80.9. The summed E-state index contributed by atoms with van der Waals surface area (Å²) in [6.45, 7) is 2.34. The fourth-order valence-electron chi connectivity index (χ4n) is 1.39. The molecule has 56 valence electrons. The molecule has 0 unspecified atom stereocenters. The number of hydrogen-bond donors (Lipinski definition) is 2. The Morgan fingerprint density at radius 1 is 1.20 bits per heavy atom. The molecule has 5 heteroatoms. The number of piperidine rings is 1. The van der Waals surface area contributed by atoms with Crippen molar-refractivity contribution in [3.05, 3.63) is 0 Å². The number of hydrazine groups is 1. The van der Waals surface area contributed by atoms with Crippen LogP contribution >= 0.6 is 0 Å². The van der Waals surface area contributed by atoms with E-state index in [4.69, 9.17) is 0 Å². The van der Waals surface area contributed by atoms with Crippen LogP contribution in [0.25, 0.3) is 0 Å². The van der Waals surface area contributed by atoms with Crippen molar-refractivity contribution >= 4 is 16.0 Å². The van der Waals surface area contributed by atoms with E-state index in [2.05, 4.69) is 15.6 Å². The molecule has 0 atom stereocenters. The van der Waals surface area contributed by atoms with Crippen molar-refractivity contribution < 1.29 is 0 Å². The van der Waals surface area contributed by atoms with Crippen molar-refractivity contribution in [2.24, 2.45) is 0 Å². The highest BCUT2D eigenvalue weighted by Crippen LogP contribution is 2.06. The Morgan fingerprint density at radius 2 is 1.80 bits per heavy atom. The van der Waals surface area contributed by atoms with Crippen molar-refractivity contribution in [2.45, 2.75) is 18.9 Å². The topological polar surface area (TPSA) is 27.3 Å². The highest BCUT2D eigenvalue weighted by molar-refractivity contribution is 6.04. The maximum Gasteiger partial charge on any atom is 0.201 e. The average Bonchev–Trinajstić information content (AvgIpc) is 2.05. The predicted octanol–water partition coefficient (Wildman–Crippen LogP) is -2.36. The second kappa shape index (κ2) is 4.01. The van der Waals surface area contributed by atoms with Gasteiger partial charge in [0.05, 0.1) is 0 Å². The largest absolute Gasteiger partial charge is 0.359 e. The Hall–Kier alpha value is 0.00987. The van der Waals surface area contributed by atoms with Gasteiger partial charge in [0.25, 0.3) is 0 Å². The molecule has 10 heavy (non-hydrogen) atoms. The van der Waals surface area contributed by atoms with Crippen LogP contribution in [0.4, 0.5) is 0 Å². The highest BCUT2D eigenvalue weighted by atomic mass is 15.5. The van der Waals surface area contributed by atoms with E-state index >= 15 is 0 Å². The molecule has 1 saturated heterocycles. The molecule has 1 heterocycles. The first-order valence-corrected chi connectivity index (χ1v) is 3.96. The summed E-state index contributed by atoms with van der Waals surface area (Å²) in [5.41, 5.74) is 0. The molecule has 0 aliphatic carbocycles. The van der Waals surface area contributed by atoms with Crippen LogP contribution in [0.3, 0.4) is 0 Å². The first-order valence-electron chi connectivity index (χ1n) is 3.96. The number of hydrogen-bond acceptors (Lipinski definition) is 3. The van der Waals surface area contributed by atoms with Crippen LogP contribution in [0.1, 0.15) is 12.8 Å². The maximum atomic E-state index is 3.29. The van der Waals surface area contributed by atoms with Gasteiger partial charge in [-0.3, -0.25) is 5.01 Å². The van der Waals surface area contributed by atoms with Gasteiger partial charge in [-0.1, -0.05) is 0 Å². The zero-order valence-electron chi connectivity index (χ0n) is 6.85. The molecule has 1 aliphatic heterocycles. The molecule has 0 bridgehead atoms. The van der Waals surface area contributed by atoms with Gasteiger partial charge < -0.3 is 10.6 Å². The molecule has 0 aromatic carbocycles. The smallest absolute Gasteiger partial charge is 0.201 e. The van der Waals surface area contributed by atoms with Gasteiger partial charge in [0.15, 0.2) is 7.98 Å². The fourth-order valence-corrected chi connectivity index (χ4v) is 1.39. The predicted molar refractivity (Wildman–Crippen MR) is 48.0 cm³/mol. The minimum absolute atomic E-state index is 0.740. The summed E-state index contributed by atoms with van der Waals surface area (Å²) >= 11 is 0. The Morgan fingerprint density at radius 3 is 2.20 bits per heavy atom. The summed E-state index contributed by atoms with van der Waals surface area (Å²) in [6, 6.07) is 0.740. The van der Waals surface area contributed by atoms with Gasteiger partial charge >= 0.3 is 0 Å². The lowest BCUT2D eigenvalue weighted by Gasteiger charge is -2.31. The Balaban J connectivity index is 2.17. The summed E-state index contributed by atoms with van der Waals surface area (Å²) < 4.78 is 0. The molecule has 1 fully saturated rings. The van der Waals surface area contributed by atoms with Crippen LogP contribution in [0.15, 0.2) is 0 Å². The summed E-state index contributed by atoms with van der Waals surface area (Å²) in [7, 11) is 4.03. The van der Waals surface area contributed by atoms with Gasteiger partial charge in [-0.05, 0) is 18.9 Å². The molecule has 0 radical (unpaired) electrons. The third kappa shape index (κ3) is 2.01. The van der Waals surface area contributed by atoms with Gasteiger partial charge in [0.2, 0.25) is 7.98 Å². The fraction of sp³-hybridized carbons (Fsp3) is 1.00. The zero-order valence-corrected chi connectivity index (χ0v) is 6.85. The van der Waals surface area contributed by atoms with Crippen molar-refractivity contribution in [1.29, 1.82) is 0 Å². The molecule has 1 rings (SSSR count). The van der Waals surface area contributed by atoms with Crippen LogP contribution in [-0.2, 0) is 0 Å². The summed E-state index contributed by atoms with van der Waals surface area (Å²) in [5.74, 6) is 0. The van der Waals surface area contributed by atoms with Gasteiger partial charge in [-0.15, -0.1) is 0 Å². The number of nitrogens with one attached hydrogen (secondary N) is 2. The van der Waals surface area contributed by atoms with Gasteiger partial charge in [0.1, 0.15) is 0 Å². The van der Waals surface area contributed by atoms with Crippen molar-refractivity contribution in [3.63, 3.8) is 0 Å². The molecule has 0 spiro atoms. The first kappa shape index (κ1) is 8.11. The van der Waals surface area contributed by atoms with Crippen LogP contribution < -0.4 is 10.6 Å². The van der Waals surface area contributed by atoms with E-state index in [1.807, 2.05) is 16.0 Å². The van der Waals surface area contributed by atoms with E-state index in [9.17, 15) is 0 Å². The van der Waals surface area contributed by atoms with E-state index in [0.717, 1.165) is 6.04 Å². The SMILES string of the molecule is BNC1CCN(NB)CC1. The first-order chi connectivity index (χ1) is 4.86. The van der Waals surface area contributed by atoms with E-state index in [1.54, 1.807) is 0 Å². The lowest BCUT2D eigenvalue weighted by molar-refractivity contribution is 0.184. The lowest BCUT2D eigenvalue weighted by Crippen LogP contribution is -2.46. The summed E-state index contributed by atoms with van der Waals surface area (Å²) in [6.07, 6.45) is 2.52. The third-order valence-corrected chi connectivity index (χ3v) is 2.22. The molecule has 3 nitrogen and oxygen atoms in total. The van der Waals surface area contributed by atoms with Crippen LogP contribution in [-0.4, -0.2) is 40.1 Å². The molecular formula is C5H15B2N3. The average molecular weight is 139 g/mol. The minimum atomic E-state index is 0.740. The molecule has 0 aromatic heterocycles. The van der Waals surface area contributed by atoms with Crippen LogP contribution in [0.5, 0.6) is 0 Å². The molecule has 0 amide bonds. The maximum absolute atomic E-state index is 3.29. The van der Waals surface area contributed by atoms with E-state index < -0.39 is 0 Å². The second-order valence-corrected chi connectivity index (χ2v) is 2.77. The van der Waals surface area contributed by atoms with Gasteiger partial charge in [-0.25, -0.2) is 0 Å². The van der Waals surface area contributed by atoms with Crippen LogP contribution in [0.2, 0.25) is 0 Å². The normalized spacial score (nSPS) is 23.2.